The first-order valence-corrected chi connectivity index (χ1v) is 16.3. The van der Waals surface area contributed by atoms with Gasteiger partial charge in [0.25, 0.3) is 0 Å². The third kappa shape index (κ3) is 9.21. The Balaban J connectivity index is 0.000000213. The van der Waals surface area contributed by atoms with Crippen molar-refractivity contribution >= 4 is 30.4 Å². The molecule has 0 radical (unpaired) electrons. The molecule has 1 amide bonds. The second kappa shape index (κ2) is 16.1. The molecule has 2 aromatic carbocycles. The zero-order chi connectivity index (χ0) is 32.0. The molecule has 252 valence electrons. The first kappa shape index (κ1) is 35.7. The second-order valence-corrected chi connectivity index (χ2v) is 13.5. The summed E-state index contributed by atoms with van der Waals surface area (Å²) in [6, 6.07) is 12.1. The van der Waals surface area contributed by atoms with E-state index in [9.17, 15) is 19.5 Å². The molecule has 1 atom stereocenters. The Labute approximate surface area is 278 Å². The van der Waals surface area contributed by atoms with Crippen molar-refractivity contribution in [1.82, 2.24) is 20.0 Å². The van der Waals surface area contributed by atoms with Gasteiger partial charge < -0.3 is 29.7 Å². The van der Waals surface area contributed by atoms with E-state index >= 15 is 0 Å². The van der Waals surface area contributed by atoms with Crippen LogP contribution < -0.4 is 5.32 Å². The molecule has 0 saturated carbocycles. The standard InChI is InChI=1S/C20H28N2O4.C15H20N2O2.ClH/c1-20(2,3)17-13-21(9-10-22(17)19(24)25)8-6-14-4-5-16-15(12-14)7-11-26-18(16)23;18-15-14-2-1-12(11-13(14)4-10-19-15)3-7-17-8-5-16-6-9-17;/h4-5,12,17H,6-11,13H2,1-3H3,(H,24,25);1-2,11,16H,3-10H2;1H. The number of amides is 1. The number of hydrogen-bond donors (Lipinski definition) is 2. The van der Waals surface area contributed by atoms with Gasteiger partial charge in [0.15, 0.2) is 0 Å². The predicted octanol–water partition coefficient (Wildman–Crippen LogP) is 3.92. The number of ether oxygens (including phenoxy) is 2. The van der Waals surface area contributed by atoms with E-state index < -0.39 is 6.09 Å². The smallest absolute Gasteiger partial charge is 0.407 e. The summed E-state index contributed by atoms with van der Waals surface area (Å²) in [6.07, 6.45) is 2.75. The number of hydrogen-bond acceptors (Lipinski definition) is 8. The fraction of sp³-hybridized carbons (Fsp3) is 0.571. The molecule has 0 spiro atoms. The minimum absolute atomic E-state index is 0. The summed E-state index contributed by atoms with van der Waals surface area (Å²) in [7, 11) is 0. The highest BCUT2D eigenvalue weighted by molar-refractivity contribution is 5.92. The fourth-order valence-electron chi connectivity index (χ4n) is 6.60. The number of carbonyl (C=O) groups excluding carboxylic acids is 2. The van der Waals surface area contributed by atoms with Crippen LogP contribution >= 0.6 is 12.4 Å². The Morgan fingerprint density at radius 3 is 1.85 bits per heavy atom. The Bertz CT molecular complexity index is 1370. The van der Waals surface area contributed by atoms with Crippen molar-refractivity contribution in [3.05, 3.63) is 69.8 Å². The van der Waals surface area contributed by atoms with Crippen molar-refractivity contribution in [3.63, 3.8) is 0 Å². The Morgan fingerprint density at radius 2 is 1.35 bits per heavy atom. The molecule has 2 saturated heterocycles. The van der Waals surface area contributed by atoms with Crippen LogP contribution in [0.1, 0.15) is 63.7 Å². The maximum absolute atomic E-state index is 11.7. The number of nitrogens with zero attached hydrogens (tertiary/aromatic N) is 3. The summed E-state index contributed by atoms with van der Waals surface area (Å²) < 4.78 is 10.1. The molecular weight excluding hydrogens is 608 g/mol. The summed E-state index contributed by atoms with van der Waals surface area (Å²) in [5.74, 6) is -0.398. The molecule has 0 aromatic heterocycles. The number of carbonyl (C=O) groups is 3. The van der Waals surface area contributed by atoms with Crippen molar-refractivity contribution in [2.75, 3.05) is 72.1 Å². The Morgan fingerprint density at radius 1 is 0.826 bits per heavy atom. The number of esters is 2. The monoisotopic (exact) mass is 656 g/mol. The Hall–Kier alpha value is -3.18. The molecule has 0 bridgehead atoms. The van der Waals surface area contributed by atoms with Gasteiger partial charge in [0.05, 0.1) is 30.4 Å². The van der Waals surface area contributed by atoms with Crippen molar-refractivity contribution in [2.45, 2.75) is 52.5 Å². The van der Waals surface area contributed by atoms with Crippen LogP contribution in [-0.4, -0.2) is 116 Å². The number of rotatable bonds is 6. The first-order valence-electron chi connectivity index (χ1n) is 16.3. The Kier molecular flexibility index (Phi) is 12.5. The summed E-state index contributed by atoms with van der Waals surface area (Å²) in [5.41, 5.74) is 6.10. The lowest BCUT2D eigenvalue weighted by atomic mass is 9.84. The quantitative estimate of drug-likeness (QED) is 0.447. The van der Waals surface area contributed by atoms with Crippen molar-refractivity contribution in [1.29, 1.82) is 0 Å². The first-order chi connectivity index (χ1) is 21.6. The van der Waals surface area contributed by atoms with Gasteiger partial charge in [-0.05, 0) is 52.6 Å². The number of cyclic esters (lactones) is 2. The van der Waals surface area contributed by atoms with Crippen molar-refractivity contribution in [3.8, 4) is 0 Å². The maximum atomic E-state index is 11.7. The van der Waals surface area contributed by atoms with E-state index in [4.69, 9.17) is 9.47 Å². The van der Waals surface area contributed by atoms with Gasteiger partial charge in [-0.15, -0.1) is 12.4 Å². The van der Waals surface area contributed by atoms with Gasteiger partial charge >= 0.3 is 18.0 Å². The largest absolute Gasteiger partial charge is 0.465 e. The lowest BCUT2D eigenvalue weighted by Crippen LogP contribution is -2.59. The van der Waals surface area contributed by atoms with Crippen LogP contribution in [0.4, 0.5) is 4.79 Å². The zero-order valence-electron chi connectivity index (χ0n) is 27.4. The van der Waals surface area contributed by atoms with Gasteiger partial charge in [-0.25, -0.2) is 14.4 Å². The SMILES string of the molecule is CC(C)(C)C1CN(CCc2ccc3c(c2)CCOC3=O)CCN1C(=O)O.Cl.O=C1OCCc2cc(CCN3CCNCC3)ccc21. The second-order valence-electron chi connectivity index (χ2n) is 13.5. The van der Waals surface area contributed by atoms with Crippen LogP contribution in [0.5, 0.6) is 0 Å². The van der Waals surface area contributed by atoms with E-state index in [-0.39, 0.29) is 35.8 Å². The predicted molar refractivity (Wildman–Crippen MR) is 179 cm³/mol. The number of nitrogens with one attached hydrogen (secondary N) is 1. The molecule has 2 N–H and O–H groups in total. The fourth-order valence-corrected chi connectivity index (χ4v) is 6.60. The van der Waals surface area contributed by atoms with E-state index in [0.717, 1.165) is 94.7 Å². The molecule has 2 aromatic rings. The van der Waals surface area contributed by atoms with Crippen LogP contribution in [0, 0.1) is 5.41 Å². The average Bonchev–Trinajstić information content (AvgIpc) is 3.03. The van der Waals surface area contributed by atoms with E-state index in [2.05, 4.69) is 54.1 Å². The van der Waals surface area contributed by atoms with Gasteiger partial charge in [0, 0.05) is 71.7 Å². The highest BCUT2D eigenvalue weighted by atomic mass is 35.5. The molecule has 2 fully saturated rings. The van der Waals surface area contributed by atoms with E-state index in [1.54, 1.807) is 4.90 Å². The molecule has 46 heavy (non-hydrogen) atoms. The van der Waals surface area contributed by atoms with E-state index in [1.165, 1.54) is 11.1 Å². The lowest BCUT2D eigenvalue weighted by Gasteiger charge is -2.46. The molecule has 11 heteroatoms. The molecule has 4 aliphatic rings. The molecule has 6 rings (SSSR count). The van der Waals surface area contributed by atoms with Crippen molar-refractivity contribution in [2.24, 2.45) is 5.41 Å². The van der Waals surface area contributed by atoms with Crippen LogP contribution in [0.15, 0.2) is 36.4 Å². The molecule has 1 unspecified atom stereocenters. The molecule has 4 heterocycles. The van der Waals surface area contributed by atoms with Crippen LogP contribution in [0.25, 0.3) is 0 Å². The molecule has 4 aliphatic heterocycles. The average molecular weight is 657 g/mol. The zero-order valence-corrected chi connectivity index (χ0v) is 28.2. The summed E-state index contributed by atoms with van der Waals surface area (Å²) in [6.45, 7) is 15.8. The highest BCUT2D eigenvalue weighted by Gasteiger charge is 2.37. The van der Waals surface area contributed by atoms with Crippen LogP contribution in [-0.2, 0) is 35.2 Å². The third-order valence-corrected chi connectivity index (χ3v) is 9.34. The van der Waals surface area contributed by atoms with Crippen LogP contribution in [0.2, 0.25) is 0 Å². The third-order valence-electron chi connectivity index (χ3n) is 9.34. The summed E-state index contributed by atoms with van der Waals surface area (Å²) in [4.78, 5) is 41.3. The lowest BCUT2D eigenvalue weighted by molar-refractivity contribution is 0.0221. The topological polar surface area (TPSA) is 112 Å². The van der Waals surface area contributed by atoms with Crippen molar-refractivity contribution < 1.29 is 29.0 Å². The number of benzene rings is 2. The molecule has 10 nitrogen and oxygen atoms in total. The molecular formula is C35H49ClN4O6. The van der Waals surface area contributed by atoms with Gasteiger partial charge in [-0.1, -0.05) is 45.0 Å². The number of piperazine rings is 2. The number of fused-ring (bicyclic) bond motifs is 2. The maximum Gasteiger partial charge on any atom is 0.407 e. The van der Waals surface area contributed by atoms with Gasteiger partial charge in [-0.2, -0.15) is 0 Å². The van der Waals surface area contributed by atoms with Gasteiger partial charge in [0.2, 0.25) is 0 Å². The minimum atomic E-state index is -0.828. The van der Waals surface area contributed by atoms with Gasteiger partial charge in [0.1, 0.15) is 0 Å². The highest BCUT2D eigenvalue weighted by Crippen LogP contribution is 2.28. The van der Waals surface area contributed by atoms with Crippen LogP contribution in [0.3, 0.4) is 0 Å². The summed E-state index contributed by atoms with van der Waals surface area (Å²) in [5, 5.41) is 12.8. The van der Waals surface area contributed by atoms with E-state index in [1.807, 2.05) is 18.2 Å². The number of halogens is 1. The van der Waals surface area contributed by atoms with E-state index in [0.29, 0.717) is 25.3 Å². The summed E-state index contributed by atoms with van der Waals surface area (Å²) >= 11 is 0. The number of carboxylic acid groups (broad SMARTS) is 1. The van der Waals surface area contributed by atoms with Gasteiger partial charge in [-0.3, -0.25) is 4.90 Å². The normalized spacial score (nSPS) is 20.2. The minimum Gasteiger partial charge on any atom is -0.465 e. The molecule has 0 aliphatic carbocycles.